The van der Waals surface area contributed by atoms with Crippen molar-refractivity contribution in [2.45, 2.75) is 12.8 Å². The fourth-order valence-electron chi connectivity index (χ4n) is 2.16. The lowest BCUT2D eigenvalue weighted by molar-refractivity contribution is -0.138. The van der Waals surface area contributed by atoms with Crippen LogP contribution in [0.4, 0.5) is 5.69 Å². The minimum atomic E-state index is -1.00. The number of carboxylic acids is 1. The van der Waals surface area contributed by atoms with E-state index in [1.807, 2.05) is 0 Å². The third kappa shape index (κ3) is 3.72. The van der Waals surface area contributed by atoms with Crippen LogP contribution in [0.3, 0.4) is 0 Å². The van der Waals surface area contributed by atoms with Crippen molar-refractivity contribution in [3.63, 3.8) is 0 Å². The Bertz CT molecular complexity index is 903. The number of fused-ring (bicyclic) bond motifs is 1. The Morgan fingerprint density at radius 2 is 1.88 bits per heavy atom. The van der Waals surface area contributed by atoms with E-state index in [0.29, 0.717) is 27.7 Å². The molecule has 1 aromatic heterocycles. The molecule has 0 atom stereocenters. The number of nitrogens with zero attached hydrogens (tertiary/aromatic N) is 1. The molecular formula is C17H13ClN2O4. The van der Waals surface area contributed by atoms with E-state index in [1.54, 1.807) is 42.5 Å². The van der Waals surface area contributed by atoms with Crippen molar-refractivity contribution in [1.82, 2.24) is 4.98 Å². The molecule has 0 radical (unpaired) electrons. The molecule has 0 aliphatic rings. The van der Waals surface area contributed by atoms with Crippen molar-refractivity contribution in [1.29, 1.82) is 0 Å². The molecule has 6 nitrogen and oxygen atoms in total. The number of aliphatic carboxylic acids is 1. The van der Waals surface area contributed by atoms with Crippen molar-refractivity contribution in [3.8, 4) is 11.5 Å². The highest BCUT2D eigenvalue weighted by Gasteiger charge is 2.10. The van der Waals surface area contributed by atoms with Gasteiger partial charge >= 0.3 is 5.97 Å². The molecule has 0 spiro atoms. The molecule has 3 rings (SSSR count). The first-order valence-corrected chi connectivity index (χ1v) is 7.57. The second-order valence-electron chi connectivity index (χ2n) is 5.15. The molecule has 2 aromatic carbocycles. The highest BCUT2D eigenvalue weighted by atomic mass is 35.5. The molecule has 1 heterocycles. The SMILES string of the molecule is O=C(O)CCC(=O)Nc1ccc(-c2nc3cc(Cl)ccc3o2)cc1. The van der Waals surface area contributed by atoms with Gasteiger partial charge in [-0.25, -0.2) is 4.98 Å². The zero-order chi connectivity index (χ0) is 17.1. The molecule has 0 bridgehead atoms. The molecule has 122 valence electrons. The Balaban J connectivity index is 1.73. The van der Waals surface area contributed by atoms with Crippen LogP contribution in [0.25, 0.3) is 22.6 Å². The highest BCUT2D eigenvalue weighted by Crippen LogP contribution is 2.27. The van der Waals surface area contributed by atoms with Gasteiger partial charge in [-0.15, -0.1) is 0 Å². The number of carboxylic acid groups (broad SMARTS) is 1. The van der Waals surface area contributed by atoms with E-state index in [-0.39, 0.29) is 18.7 Å². The Hall–Kier alpha value is -2.86. The first kappa shape index (κ1) is 16.0. The summed E-state index contributed by atoms with van der Waals surface area (Å²) in [5.41, 5.74) is 2.64. The van der Waals surface area contributed by atoms with Gasteiger partial charge < -0.3 is 14.8 Å². The fourth-order valence-corrected chi connectivity index (χ4v) is 2.33. The van der Waals surface area contributed by atoms with Gasteiger partial charge in [-0.05, 0) is 42.5 Å². The maximum absolute atomic E-state index is 11.6. The number of benzene rings is 2. The summed E-state index contributed by atoms with van der Waals surface area (Å²) in [6.45, 7) is 0. The van der Waals surface area contributed by atoms with Crippen LogP contribution in [-0.2, 0) is 9.59 Å². The summed E-state index contributed by atoms with van der Waals surface area (Å²) in [5.74, 6) is -0.894. The maximum atomic E-state index is 11.6. The smallest absolute Gasteiger partial charge is 0.303 e. The molecule has 24 heavy (non-hydrogen) atoms. The van der Waals surface area contributed by atoms with E-state index in [0.717, 1.165) is 5.56 Å². The number of anilines is 1. The minimum absolute atomic E-state index is 0.0665. The van der Waals surface area contributed by atoms with Gasteiger partial charge in [0.2, 0.25) is 11.8 Å². The lowest BCUT2D eigenvalue weighted by Gasteiger charge is -2.04. The molecular weight excluding hydrogens is 332 g/mol. The largest absolute Gasteiger partial charge is 0.481 e. The van der Waals surface area contributed by atoms with Crippen LogP contribution in [0.15, 0.2) is 46.9 Å². The summed E-state index contributed by atoms with van der Waals surface area (Å²) >= 11 is 5.93. The summed E-state index contributed by atoms with van der Waals surface area (Å²) in [6.07, 6.45) is -0.266. The second kappa shape index (κ2) is 6.72. The zero-order valence-electron chi connectivity index (χ0n) is 12.5. The fraction of sp³-hybridized carbons (Fsp3) is 0.118. The van der Waals surface area contributed by atoms with Crippen LogP contribution >= 0.6 is 11.6 Å². The predicted molar refractivity (Wildman–Crippen MR) is 90.0 cm³/mol. The number of carbonyl (C=O) groups is 2. The minimum Gasteiger partial charge on any atom is -0.481 e. The monoisotopic (exact) mass is 344 g/mol. The number of oxazole rings is 1. The first-order chi connectivity index (χ1) is 11.5. The van der Waals surface area contributed by atoms with Gasteiger partial charge in [0.1, 0.15) is 5.52 Å². The Morgan fingerprint density at radius 3 is 2.58 bits per heavy atom. The number of hydrogen-bond acceptors (Lipinski definition) is 4. The van der Waals surface area contributed by atoms with Crippen LogP contribution < -0.4 is 5.32 Å². The van der Waals surface area contributed by atoms with Gasteiger partial charge in [-0.2, -0.15) is 0 Å². The molecule has 1 amide bonds. The van der Waals surface area contributed by atoms with Crippen molar-refractivity contribution in [3.05, 3.63) is 47.5 Å². The van der Waals surface area contributed by atoms with Crippen LogP contribution in [0.2, 0.25) is 5.02 Å². The van der Waals surface area contributed by atoms with Crippen LogP contribution in [0.1, 0.15) is 12.8 Å². The second-order valence-corrected chi connectivity index (χ2v) is 5.59. The first-order valence-electron chi connectivity index (χ1n) is 7.19. The number of carbonyl (C=O) groups excluding carboxylic acids is 1. The lowest BCUT2D eigenvalue weighted by Crippen LogP contribution is -2.13. The van der Waals surface area contributed by atoms with Crippen LogP contribution in [0, 0.1) is 0 Å². The lowest BCUT2D eigenvalue weighted by atomic mass is 10.2. The number of halogens is 1. The normalized spacial score (nSPS) is 10.7. The third-order valence-electron chi connectivity index (χ3n) is 3.33. The van der Waals surface area contributed by atoms with Crippen molar-refractivity contribution in [2.75, 3.05) is 5.32 Å². The molecule has 0 saturated heterocycles. The summed E-state index contributed by atoms with van der Waals surface area (Å²) in [5, 5.41) is 11.8. The number of nitrogens with one attached hydrogen (secondary N) is 1. The number of aromatic nitrogens is 1. The molecule has 0 unspecified atom stereocenters. The molecule has 3 aromatic rings. The van der Waals surface area contributed by atoms with Crippen LogP contribution in [-0.4, -0.2) is 22.0 Å². The average molecular weight is 345 g/mol. The van der Waals surface area contributed by atoms with Gasteiger partial charge in [0.05, 0.1) is 6.42 Å². The van der Waals surface area contributed by atoms with Gasteiger partial charge in [-0.1, -0.05) is 11.6 Å². The standard InChI is InChI=1S/C17H13ClN2O4/c18-11-3-6-14-13(9-11)20-17(24-14)10-1-4-12(5-2-10)19-15(21)7-8-16(22)23/h1-6,9H,7-8H2,(H,19,21)(H,22,23). The molecule has 0 aliphatic carbocycles. The molecule has 2 N–H and O–H groups in total. The van der Waals surface area contributed by atoms with E-state index in [2.05, 4.69) is 10.3 Å². The van der Waals surface area contributed by atoms with Gasteiger partial charge in [0.25, 0.3) is 0 Å². The van der Waals surface area contributed by atoms with E-state index < -0.39 is 5.97 Å². The predicted octanol–water partition coefficient (Wildman–Crippen LogP) is 3.95. The van der Waals surface area contributed by atoms with Crippen molar-refractivity contribution >= 4 is 40.3 Å². The summed E-state index contributed by atoms with van der Waals surface area (Å²) in [7, 11) is 0. The van der Waals surface area contributed by atoms with E-state index in [4.69, 9.17) is 21.1 Å². The number of rotatable bonds is 5. The highest BCUT2D eigenvalue weighted by molar-refractivity contribution is 6.31. The molecule has 0 fully saturated rings. The van der Waals surface area contributed by atoms with Crippen molar-refractivity contribution in [2.24, 2.45) is 0 Å². The molecule has 0 saturated carbocycles. The van der Waals surface area contributed by atoms with Gasteiger partial charge in [0.15, 0.2) is 5.58 Å². The van der Waals surface area contributed by atoms with E-state index in [1.165, 1.54) is 0 Å². The summed E-state index contributed by atoms with van der Waals surface area (Å²) in [6, 6.07) is 12.1. The maximum Gasteiger partial charge on any atom is 0.303 e. The van der Waals surface area contributed by atoms with Gasteiger partial charge in [-0.3, -0.25) is 9.59 Å². The molecule has 0 aliphatic heterocycles. The summed E-state index contributed by atoms with van der Waals surface area (Å²) in [4.78, 5) is 26.4. The van der Waals surface area contributed by atoms with Crippen LogP contribution in [0.5, 0.6) is 0 Å². The van der Waals surface area contributed by atoms with E-state index in [9.17, 15) is 9.59 Å². The Labute approximate surface area is 142 Å². The number of amides is 1. The molecule has 7 heteroatoms. The quantitative estimate of drug-likeness (QED) is 0.731. The Morgan fingerprint density at radius 1 is 1.12 bits per heavy atom. The number of hydrogen-bond donors (Lipinski definition) is 2. The zero-order valence-corrected chi connectivity index (χ0v) is 13.2. The van der Waals surface area contributed by atoms with E-state index >= 15 is 0 Å². The topological polar surface area (TPSA) is 92.4 Å². The Kier molecular flexibility index (Phi) is 4.48. The summed E-state index contributed by atoms with van der Waals surface area (Å²) < 4.78 is 5.67. The van der Waals surface area contributed by atoms with Gasteiger partial charge in [0, 0.05) is 22.7 Å². The van der Waals surface area contributed by atoms with Crippen molar-refractivity contribution < 1.29 is 19.1 Å². The average Bonchev–Trinajstić information content (AvgIpc) is 2.96. The third-order valence-corrected chi connectivity index (χ3v) is 3.57.